The van der Waals surface area contributed by atoms with E-state index in [-0.39, 0.29) is 0 Å². The maximum absolute atomic E-state index is 4.98. The first-order valence-electron chi connectivity index (χ1n) is 15.7. The third-order valence-corrected chi connectivity index (χ3v) is 9.30. The van der Waals surface area contributed by atoms with Gasteiger partial charge in [0.1, 0.15) is 0 Å². The van der Waals surface area contributed by atoms with Gasteiger partial charge in [-0.1, -0.05) is 109 Å². The second-order valence-electron chi connectivity index (χ2n) is 11.9. The highest BCUT2D eigenvalue weighted by molar-refractivity contribution is 6.25. The Morgan fingerprint density at radius 2 is 1.20 bits per heavy atom. The summed E-state index contributed by atoms with van der Waals surface area (Å²) in [6.07, 6.45) is 10.8. The maximum Gasteiger partial charge on any atom is 0.0702 e. The van der Waals surface area contributed by atoms with E-state index < -0.39 is 0 Å². The second-order valence-corrected chi connectivity index (χ2v) is 11.9. The summed E-state index contributed by atoms with van der Waals surface area (Å²) in [6, 6.07) is 48.4. The molecule has 0 amide bonds. The van der Waals surface area contributed by atoms with Crippen LogP contribution in [0.3, 0.4) is 0 Å². The van der Waals surface area contributed by atoms with Crippen molar-refractivity contribution in [2.75, 3.05) is 0 Å². The van der Waals surface area contributed by atoms with Crippen LogP contribution in [0.1, 0.15) is 18.5 Å². The fourth-order valence-corrected chi connectivity index (χ4v) is 7.10. The van der Waals surface area contributed by atoms with E-state index in [0.29, 0.717) is 0 Å². The highest BCUT2D eigenvalue weighted by atomic mass is 15.0. The minimum absolute atomic E-state index is 0.980. The Hall–Kier alpha value is -5.73. The highest BCUT2D eigenvalue weighted by Gasteiger charge is 2.16. The minimum atomic E-state index is 0.980. The minimum Gasteiger partial charge on any atom is -0.310 e. The van der Waals surface area contributed by atoms with Gasteiger partial charge in [0.2, 0.25) is 0 Å². The van der Waals surface area contributed by atoms with Crippen LogP contribution in [0.2, 0.25) is 0 Å². The first kappa shape index (κ1) is 25.7. The van der Waals surface area contributed by atoms with E-state index >= 15 is 0 Å². The van der Waals surface area contributed by atoms with Crippen LogP contribution in [-0.2, 0) is 0 Å². The maximum atomic E-state index is 4.98. The second kappa shape index (κ2) is 10.5. The first-order valence-corrected chi connectivity index (χ1v) is 15.7. The number of fused-ring (bicyclic) bond motifs is 7. The predicted octanol–water partition coefficient (Wildman–Crippen LogP) is 11.6. The molecular formula is C43H30N2. The number of allylic oxidation sites excluding steroid dienone is 4. The van der Waals surface area contributed by atoms with Crippen LogP contribution in [0.5, 0.6) is 0 Å². The number of pyridine rings is 1. The largest absolute Gasteiger partial charge is 0.310 e. The smallest absolute Gasteiger partial charge is 0.0702 e. The summed E-state index contributed by atoms with van der Waals surface area (Å²) in [5, 5.41) is 8.93. The molecule has 0 radical (unpaired) electrons. The molecule has 0 atom stereocenters. The van der Waals surface area contributed by atoms with Crippen molar-refractivity contribution in [2.45, 2.75) is 12.8 Å². The highest BCUT2D eigenvalue weighted by Crippen LogP contribution is 2.38. The van der Waals surface area contributed by atoms with Crippen molar-refractivity contribution in [3.63, 3.8) is 0 Å². The van der Waals surface area contributed by atoms with E-state index in [9.17, 15) is 0 Å². The SMILES string of the molecule is C1=CCCC(c2cc3cc(-c4ccc(-c5ccc6c7ccccc7c7ccccc7c6c5)nc4)ccc3n2-c2ccccc2)=C1. The van der Waals surface area contributed by atoms with Gasteiger partial charge in [0.15, 0.2) is 0 Å². The molecule has 1 aliphatic rings. The molecule has 9 rings (SSSR count). The molecule has 0 aliphatic heterocycles. The Bertz CT molecular complexity index is 2420. The van der Waals surface area contributed by atoms with Crippen LogP contribution >= 0.6 is 0 Å². The fourth-order valence-electron chi connectivity index (χ4n) is 7.10. The summed E-state index contributed by atoms with van der Waals surface area (Å²) in [6.45, 7) is 0. The third kappa shape index (κ3) is 4.29. The van der Waals surface area contributed by atoms with Crippen LogP contribution in [0, 0.1) is 0 Å². The van der Waals surface area contributed by atoms with Crippen molar-refractivity contribution in [1.29, 1.82) is 0 Å². The van der Waals surface area contributed by atoms with E-state index in [0.717, 1.165) is 29.7 Å². The van der Waals surface area contributed by atoms with Crippen molar-refractivity contribution < 1.29 is 0 Å². The fraction of sp³-hybridized carbons (Fsp3) is 0.0465. The summed E-state index contributed by atoms with van der Waals surface area (Å²) in [4.78, 5) is 4.98. The number of rotatable bonds is 4. The molecule has 2 nitrogen and oxygen atoms in total. The lowest BCUT2D eigenvalue weighted by Crippen LogP contribution is -2.00. The lowest BCUT2D eigenvalue weighted by Gasteiger charge is -2.15. The molecule has 1 aliphatic carbocycles. The normalized spacial score (nSPS) is 13.2. The summed E-state index contributed by atoms with van der Waals surface area (Å²) in [7, 11) is 0. The summed E-state index contributed by atoms with van der Waals surface area (Å²) in [5.41, 5.74) is 9.45. The lowest BCUT2D eigenvalue weighted by molar-refractivity contribution is 1.01. The molecule has 45 heavy (non-hydrogen) atoms. The Kier molecular flexibility index (Phi) is 5.99. The molecule has 0 saturated carbocycles. The lowest BCUT2D eigenvalue weighted by atomic mass is 9.93. The van der Waals surface area contributed by atoms with E-state index in [2.05, 4.69) is 156 Å². The van der Waals surface area contributed by atoms with Gasteiger partial charge in [0.05, 0.1) is 16.9 Å². The molecule has 6 aromatic carbocycles. The van der Waals surface area contributed by atoms with Crippen LogP contribution < -0.4 is 0 Å². The van der Waals surface area contributed by atoms with Crippen LogP contribution in [0.15, 0.2) is 158 Å². The van der Waals surface area contributed by atoms with Crippen molar-refractivity contribution in [3.05, 3.63) is 164 Å². The van der Waals surface area contributed by atoms with Gasteiger partial charge in [-0.15, -0.1) is 0 Å². The number of hydrogen-bond acceptors (Lipinski definition) is 1. The number of benzene rings is 6. The number of para-hydroxylation sites is 1. The molecule has 0 N–H and O–H groups in total. The molecule has 0 spiro atoms. The van der Waals surface area contributed by atoms with Crippen LogP contribution in [-0.4, -0.2) is 9.55 Å². The standard InChI is InChI=1S/C43H30N2/c1-3-11-29(12-4-1)43-27-33-25-30(21-24-42(33)45(43)34-13-5-2-6-14-34)32-20-23-41(44-28-32)31-19-22-39-37-17-8-7-15-35(37)36-16-9-10-18-38(36)40(39)26-31/h1-3,5-11,13-28H,4,12H2. The Balaban J connectivity index is 1.12. The summed E-state index contributed by atoms with van der Waals surface area (Å²) in [5.74, 6) is 0. The average molecular weight is 575 g/mol. The quantitative estimate of drug-likeness (QED) is 0.191. The zero-order chi connectivity index (χ0) is 29.7. The molecule has 0 saturated heterocycles. The van der Waals surface area contributed by atoms with Gasteiger partial charge >= 0.3 is 0 Å². The van der Waals surface area contributed by atoms with Gasteiger partial charge in [-0.25, -0.2) is 0 Å². The first-order chi connectivity index (χ1) is 22.3. The molecule has 2 heterocycles. The summed E-state index contributed by atoms with van der Waals surface area (Å²) < 4.78 is 2.40. The molecule has 2 aromatic heterocycles. The van der Waals surface area contributed by atoms with Gasteiger partial charge in [-0.05, 0) is 98.8 Å². The zero-order valence-corrected chi connectivity index (χ0v) is 24.8. The number of nitrogens with zero attached hydrogens (tertiary/aromatic N) is 2. The Morgan fingerprint density at radius 3 is 1.89 bits per heavy atom. The van der Waals surface area contributed by atoms with Crippen LogP contribution in [0.4, 0.5) is 0 Å². The van der Waals surface area contributed by atoms with Crippen molar-refractivity contribution in [3.8, 4) is 28.1 Å². The number of hydrogen-bond donors (Lipinski definition) is 0. The van der Waals surface area contributed by atoms with Gasteiger partial charge in [-0.3, -0.25) is 4.98 Å². The average Bonchev–Trinajstić information content (AvgIpc) is 3.51. The van der Waals surface area contributed by atoms with E-state index in [1.165, 1.54) is 65.7 Å². The third-order valence-electron chi connectivity index (χ3n) is 9.30. The molecule has 0 fully saturated rings. The van der Waals surface area contributed by atoms with Crippen molar-refractivity contribution in [2.24, 2.45) is 0 Å². The van der Waals surface area contributed by atoms with Crippen LogP contribution in [0.25, 0.3) is 76.9 Å². The molecule has 8 aromatic rings. The van der Waals surface area contributed by atoms with Gasteiger partial charge in [-0.2, -0.15) is 0 Å². The molecule has 2 heteroatoms. The van der Waals surface area contributed by atoms with Gasteiger partial charge < -0.3 is 4.57 Å². The van der Waals surface area contributed by atoms with E-state index in [1.54, 1.807) is 0 Å². The zero-order valence-electron chi connectivity index (χ0n) is 24.8. The van der Waals surface area contributed by atoms with E-state index in [4.69, 9.17) is 4.98 Å². The molecule has 0 unspecified atom stereocenters. The van der Waals surface area contributed by atoms with Gasteiger partial charge in [0, 0.05) is 28.4 Å². The monoisotopic (exact) mass is 574 g/mol. The van der Waals surface area contributed by atoms with E-state index in [1.807, 2.05) is 6.20 Å². The van der Waals surface area contributed by atoms with Crippen molar-refractivity contribution >= 4 is 48.8 Å². The molecule has 212 valence electrons. The van der Waals surface area contributed by atoms with Crippen molar-refractivity contribution in [1.82, 2.24) is 9.55 Å². The number of aromatic nitrogens is 2. The Morgan fingerprint density at radius 1 is 0.533 bits per heavy atom. The summed E-state index contributed by atoms with van der Waals surface area (Å²) >= 11 is 0. The van der Waals surface area contributed by atoms with Gasteiger partial charge in [0.25, 0.3) is 0 Å². The topological polar surface area (TPSA) is 17.8 Å². The Labute approximate surface area is 262 Å². The molecule has 0 bridgehead atoms. The predicted molar refractivity (Wildman–Crippen MR) is 191 cm³/mol. The molecular weight excluding hydrogens is 544 g/mol.